The monoisotopic (exact) mass is 402 g/mol. The van der Waals surface area contributed by atoms with Crippen molar-refractivity contribution in [1.82, 2.24) is 19.8 Å². The Hall–Kier alpha value is -1.70. The van der Waals surface area contributed by atoms with Gasteiger partial charge in [0, 0.05) is 14.9 Å². The lowest BCUT2D eigenvalue weighted by atomic mass is 10.2. The van der Waals surface area contributed by atoms with Crippen LogP contribution in [-0.2, 0) is 5.75 Å². The molecular weight excluding hydrogens is 392 g/mol. The van der Waals surface area contributed by atoms with Gasteiger partial charge in [-0.2, -0.15) is 9.61 Å². The Bertz CT molecular complexity index is 932. The summed E-state index contributed by atoms with van der Waals surface area (Å²) in [6.45, 7) is 0. The summed E-state index contributed by atoms with van der Waals surface area (Å²) >= 11 is 6.74. The Morgan fingerprint density at radius 2 is 1.78 bits per heavy atom. The molecule has 0 radical (unpaired) electrons. The van der Waals surface area contributed by atoms with Gasteiger partial charge < -0.3 is 0 Å². The molecule has 0 aliphatic heterocycles. The third-order valence-corrected chi connectivity index (χ3v) is 5.74. The lowest BCUT2D eigenvalue weighted by molar-refractivity contribution is 0.887. The zero-order valence-corrected chi connectivity index (χ0v) is 15.1. The highest BCUT2D eigenvalue weighted by Gasteiger charge is 2.13. The summed E-state index contributed by atoms with van der Waals surface area (Å²) in [6.07, 6.45) is 0. The molecule has 0 spiro atoms. The quantitative estimate of drug-likeness (QED) is 0.455. The minimum absolute atomic E-state index is 0.745. The van der Waals surface area contributed by atoms with Gasteiger partial charge in [0.25, 0.3) is 0 Å². The van der Waals surface area contributed by atoms with Gasteiger partial charge in [0.15, 0.2) is 5.82 Å². The van der Waals surface area contributed by atoms with Crippen LogP contribution in [0.2, 0.25) is 0 Å². The third kappa shape index (κ3) is 3.17. The van der Waals surface area contributed by atoms with E-state index in [0.29, 0.717) is 0 Å². The van der Waals surface area contributed by atoms with Crippen molar-refractivity contribution in [3.63, 3.8) is 0 Å². The standard InChI is InChI=1S/C16H11BrN4S2/c17-12-8-6-11(7-9-12)15-20-21-14(18-19-16(21)23-15)10-22-13-4-2-1-3-5-13/h1-9H,10H2. The first-order chi connectivity index (χ1) is 11.3. The zero-order valence-electron chi connectivity index (χ0n) is 11.9. The van der Waals surface area contributed by atoms with Crippen LogP contribution in [0.5, 0.6) is 0 Å². The van der Waals surface area contributed by atoms with E-state index in [1.807, 2.05) is 47.0 Å². The van der Waals surface area contributed by atoms with Gasteiger partial charge in [-0.25, -0.2) is 0 Å². The van der Waals surface area contributed by atoms with Crippen molar-refractivity contribution in [1.29, 1.82) is 0 Å². The fourth-order valence-electron chi connectivity index (χ4n) is 2.12. The fourth-order valence-corrected chi connectivity index (χ4v) is 4.07. The van der Waals surface area contributed by atoms with E-state index in [1.54, 1.807) is 23.1 Å². The Morgan fingerprint density at radius 1 is 1.00 bits per heavy atom. The fraction of sp³-hybridized carbons (Fsp3) is 0.0625. The number of rotatable bonds is 4. The van der Waals surface area contributed by atoms with E-state index in [1.165, 1.54) is 4.90 Å². The second-order valence-electron chi connectivity index (χ2n) is 4.83. The molecule has 0 saturated heterocycles. The van der Waals surface area contributed by atoms with Gasteiger partial charge >= 0.3 is 0 Å². The highest BCUT2D eigenvalue weighted by atomic mass is 79.9. The van der Waals surface area contributed by atoms with E-state index in [4.69, 9.17) is 0 Å². The molecule has 0 bridgehead atoms. The molecule has 2 aromatic carbocycles. The van der Waals surface area contributed by atoms with Crippen molar-refractivity contribution in [2.45, 2.75) is 10.6 Å². The van der Waals surface area contributed by atoms with Crippen LogP contribution < -0.4 is 0 Å². The molecule has 4 nitrogen and oxygen atoms in total. The third-order valence-electron chi connectivity index (χ3n) is 3.26. The number of thioether (sulfide) groups is 1. The molecule has 0 unspecified atom stereocenters. The SMILES string of the molecule is Brc1ccc(-c2nn3c(CSc4ccccc4)nnc3s2)cc1. The summed E-state index contributed by atoms with van der Waals surface area (Å²) in [4.78, 5) is 2.04. The van der Waals surface area contributed by atoms with Crippen LogP contribution >= 0.6 is 39.0 Å². The van der Waals surface area contributed by atoms with Crippen LogP contribution in [-0.4, -0.2) is 19.8 Å². The topological polar surface area (TPSA) is 43.1 Å². The van der Waals surface area contributed by atoms with Crippen molar-refractivity contribution in [3.05, 3.63) is 64.9 Å². The molecule has 0 saturated carbocycles. The van der Waals surface area contributed by atoms with Crippen molar-refractivity contribution < 1.29 is 0 Å². The molecular formula is C16H11BrN4S2. The average molecular weight is 403 g/mol. The molecule has 0 atom stereocenters. The molecule has 114 valence electrons. The van der Waals surface area contributed by atoms with Crippen LogP contribution in [0.1, 0.15) is 5.82 Å². The van der Waals surface area contributed by atoms with Gasteiger partial charge in [-0.15, -0.1) is 22.0 Å². The average Bonchev–Trinajstić information content (AvgIpc) is 3.15. The van der Waals surface area contributed by atoms with Gasteiger partial charge in [0.2, 0.25) is 4.96 Å². The van der Waals surface area contributed by atoms with Crippen LogP contribution in [0.15, 0.2) is 64.0 Å². The first-order valence-electron chi connectivity index (χ1n) is 6.94. The van der Waals surface area contributed by atoms with Crippen molar-refractivity contribution in [2.24, 2.45) is 0 Å². The predicted octanol–water partition coefficient (Wildman–Crippen LogP) is 4.91. The molecule has 23 heavy (non-hydrogen) atoms. The summed E-state index contributed by atoms with van der Waals surface area (Å²) in [7, 11) is 0. The normalized spacial score (nSPS) is 11.2. The van der Waals surface area contributed by atoms with Crippen LogP contribution in [0.4, 0.5) is 0 Å². The molecule has 4 aromatic rings. The number of hydrogen-bond donors (Lipinski definition) is 0. The van der Waals surface area contributed by atoms with E-state index in [-0.39, 0.29) is 0 Å². The minimum Gasteiger partial charge on any atom is -0.186 e. The molecule has 0 amide bonds. The van der Waals surface area contributed by atoms with E-state index in [2.05, 4.69) is 43.4 Å². The molecule has 2 aromatic heterocycles. The van der Waals surface area contributed by atoms with Gasteiger partial charge in [0.05, 0.1) is 5.75 Å². The lowest BCUT2D eigenvalue weighted by Crippen LogP contribution is -1.94. The Balaban J connectivity index is 1.60. The zero-order chi connectivity index (χ0) is 15.6. The van der Waals surface area contributed by atoms with Crippen LogP contribution in [0, 0.1) is 0 Å². The first-order valence-corrected chi connectivity index (χ1v) is 9.54. The van der Waals surface area contributed by atoms with Gasteiger partial charge in [-0.3, -0.25) is 0 Å². The summed E-state index contributed by atoms with van der Waals surface area (Å²) in [5, 5.41) is 14.1. The Morgan fingerprint density at radius 3 is 2.57 bits per heavy atom. The number of hydrogen-bond acceptors (Lipinski definition) is 5. The van der Waals surface area contributed by atoms with Crippen LogP contribution in [0.25, 0.3) is 15.5 Å². The summed E-state index contributed by atoms with van der Waals surface area (Å²) < 4.78 is 2.90. The lowest BCUT2D eigenvalue weighted by Gasteiger charge is -1.98. The number of nitrogens with zero attached hydrogens (tertiary/aromatic N) is 4. The Kier molecular flexibility index (Phi) is 4.15. The number of halogens is 1. The highest BCUT2D eigenvalue weighted by molar-refractivity contribution is 9.10. The molecule has 0 aliphatic rings. The highest BCUT2D eigenvalue weighted by Crippen LogP contribution is 2.28. The molecule has 0 fully saturated rings. The maximum atomic E-state index is 4.67. The molecule has 0 aliphatic carbocycles. The molecule has 7 heteroatoms. The van der Waals surface area contributed by atoms with Gasteiger partial charge in [0.1, 0.15) is 5.01 Å². The maximum absolute atomic E-state index is 4.67. The second kappa shape index (κ2) is 6.43. The molecule has 2 heterocycles. The number of fused-ring (bicyclic) bond motifs is 1. The summed E-state index contributed by atoms with van der Waals surface area (Å²) in [5.74, 6) is 1.61. The van der Waals surface area contributed by atoms with Crippen molar-refractivity contribution in [2.75, 3.05) is 0 Å². The minimum atomic E-state index is 0.745. The van der Waals surface area contributed by atoms with Crippen molar-refractivity contribution >= 4 is 44.0 Å². The number of aromatic nitrogens is 4. The predicted molar refractivity (Wildman–Crippen MR) is 97.8 cm³/mol. The summed E-state index contributed by atoms with van der Waals surface area (Å²) in [5.41, 5.74) is 1.09. The summed E-state index contributed by atoms with van der Waals surface area (Å²) in [6, 6.07) is 18.4. The van der Waals surface area contributed by atoms with E-state index in [0.717, 1.165) is 31.6 Å². The Labute approximate surface area is 149 Å². The largest absolute Gasteiger partial charge is 0.235 e. The maximum Gasteiger partial charge on any atom is 0.235 e. The van der Waals surface area contributed by atoms with E-state index in [9.17, 15) is 0 Å². The van der Waals surface area contributed by atoms with E-state index >= 15 is 0 Å². The first kappa shape index (κ1) is 14.9. The van der Waals surface area contributed by atoms with Crippen LogP contribution in [0.3, 0.4) is 0 Å². The smallest absolute Gasteiger partial charge is 0.186 e. The van der Waals surface area contributed by atoms with Gasteiger partial charge in [-0.1, -0.05) is 57.6 Å². The number of benzene rings is 2. The molecule has 0 N–H and O–H groups in total. The van der Waals surface area contributed by atoms with E-state index < -0.39 is 0 Å². The second-order valence-corrected chi connectivity index (χ2v) is 7.75. The molecule has 4 rings (SSSR count). The van der Waals surface area contributed by atoms with Crippen molar-refractivity contribution in [3.8, 4) is 10.6 Å². The van der Waals surface area contributed by atoms with Gasteiger partial charge in [-0.05, 0) is 24.3 Å².